The van der Waals surface area contributed by atoms with E-state index in [1.165, 1.54) is 6.20 Å². The summed E-state index contributed by atoms with van der Waals surface area (Å²) in [6.07, 6.45) is 9.01. The van der Waals surface area contributed by atoms with Crippen molar-refractivity contribution in [3.63, 3.8) is 0 Å². The fourth-order valence-electron chi connectivity index (χ4n) is 4.15. The lowest BCUT2D eigenvalue weighted by atomic mass is 9.78. The van der Waals surface area contributed by atoms with Gasteiger partial charge in [0, 0.05) is 45.6 Å². The summed E-state index contributed by atoms with van der Waals surface area (Å²) in [5.74, 6) is 1.62. The molecule has 150 valence electrons. The third-order valence-corrected chi connectivity index (χ3v) is 5.59. The summed E-state index contributed by atoms with van der Waals surface area (Å²) in [7, 11) is 1.60. The number of ether oxygens (including phenoxy) is 2. The van der Waals surface area contributed by atoms with Gasteiger partial charge in [-0.15, -0.1) is 0 Å². The number of aromatic nitrogens is 4. The van der Waals surface area contributed by atoms with Gasteiger partial charge in [-0.05, 0) is 31.6 Å². The minimum Gasteiger partial charge on any atom is -0.375 e. The largest absolute Gasteiger partial charge is 0.375 e. The number of hydrogen-bond acceptors (Lipinski definition) is 8. The molecular formula is C19H25N5O4. The van der Waals surface area contributed by atoms with Gasteiger partial charge in [0.1, 0.15) is 12.3 Å². The molecule has 0 aromatic carbocycles. The Kier molecular flexibility index (Phi) is 5.63. The Balaban J connectivity index is 1.33. The van der Waals surface area contributed by atoms with Crippen LogP contribution in [0.2, 0.25) is 0 Å². The smallest absolute Gasteiger partial charge is 0.274 e. The molecule has 1 atom stereocenters. The van der Waals surface area contributed by atoms with Gasteiger partial charge in [0.25, 0.3) is 11.8 Å². The lowest BCUT2D eigenvalue weighted by Gasteiger charge is -2.46. The number of rotatable bonds is 5. The number of carbonyl (C=O) groups excluding carboxylic acids is 1. The molecule has 1 spiro atoms. The molecule has 9 nitrogen and oxygen atoms in total. The Hall–Kier alpha value is -2.39. The lowest BCUT2D eigenvalue weighted by Crippen LogP contribution is -2.51. The molecule has 2 aromatic heterocycles. The summed E-state index contributed by atoms with van der Waals surface area (Å²) >= 11 is 0. The predicted octanol–water partition coefficient (Wildman–Crippen LogP) is 1.65. The number of likely N-dealkylation sites (tertiary alicyclic amines) is 1. The monoisotopic (exact) mass is 387 g/mol. The second-order valence-corrected chi connectivity index (χ2v) is 7.51. The number of piperidine rings is 1. The molecule has 28 heavy (non-hydrogen) atoms. The van der Waals surface area contributed by atoms with E-state index in [1.807, 2.05) is 4.90 Å². The minimum atomic E-state index is -0.166. The minimum absolute atomic E-state index is 0.0622. The highest BCUT2D eigenvalue weighted by Gasteiger charge is 2.41. The van der Waals surface area contributed by atoms with E-state index in [2.05, 4.69) is 20.1 Å². The molecule has 0 radical (unpaired) electrons. The molecule has 2 aliphatic heterocycles. The molecule has 0 saturated carbocycles. The highest BCUT2D eigenvalue weighted by Crippen LogP contribution is 2.38. The summed E-state index contributed by atoms with van der Waals surface area (Å²) in [5.41, 5.74) is 0.228. The highest BCUT2D eigenvalue weighted by molar-refractivity contribution is 5.92. The molecule has 4 heterocycles. The molecular weight excluding hydrogens is 362 g/mol. The molecule has 1 amide bonds. The molecule has 0 N–H and O–H groups in total. The first-order valence-electron chi connectivity index (χ1n) is 9.67. The van der Waals surface area contributed by atoms with Crippen LogP contribution >= 0.6 is 0 Å². The Morgan fingerprint density at radius 1 is 1.36 bits per heavy atom. The highest BCUT2D eigenvalue weighted by atomic mass is 16.5. The zero-order valence-electron chi connectivity index (χ0n) is 16.0. The molecule has 2 saturated heterocycles. The first-order chi connectivity index (χ1) is 13.7. The maximum absolute atomic E-state index is 12.6. The maximum Gasteiger partial charge on any atom is 0.274 e. The molecule has 2 aliphatic rings. The van der Waals surface area contributed by atoms with Crippen molar-refractivity contribution in [2.45, 2.75) is 44.3 Å². The topological polar surface area (TPSA) is 103 Å². The summed E-state index contributed by atoms with van der Waals surface area (Å²) in [6.45, 7) is 2.40. The van der Waals surface area contributed by atoms with E-state index in [1.54, 1.807) is 19.5 Å². The summed E-state index contributed by atoms with van der Waals surface area (Å²) in [5, 5.41) is 4.06. The Bertz CT molecular complexity index is 789. The van der Waals surface area contributed by atoms with E-state index in [4.69, 9.17) is 14.0 Å². The number of amides is 1. The van der Waals surface area contributed by atoms with Crippen molar-refractivity contribution in [3.05, 3.63) is 36.0 Å². The lowest BCUT2D eigenvalue weighted by molar-refractivity contribution is -0.123. The van der Waals surface area contributed by atoms with Crippen LogP contribution in [0.1, 0.15) is 47.9 Å². The van der Waals surface area contributed by atoms with Gasteiger partial charge in [-0.25, -0.2) is 4.98 Å². The molecule has 0 bridgehead atoms. The molecule has 1 unspecified atom stereocenters. The van der Waals surface area contributed by atoms with E-state index in [0.717, 1.165) is 44.5 Å². The SMILES string of the molecule is COCc1nc(CC2CCOC3(CCN(C(=O)c4cnccn4)CC3)C2)no1. The van der Waals surface area contributed by atoms with Crippen LogP contribution in [-0.4, -0.2) is 63.3 Å². The van der Waals surface area contributed by atoms with Gasteiger partial charge in [-0.1, -0.05) is 5.16 Å². The summed E-state index contributed by atoms with van der Waals surface area (Å²) in [4.78, 5) is 26.9. The standard InChI is InChI=1S/C19H25N5O4/c1-26-13-17-22-16(23-28-17)10-14-2-9-27-19(11-14)3-7-24(8-4-19)18(25)15-12-20-5-6-21-15/h5-6,12,14H,2-4,7-11,13H2,1H3. The van der Waals surface area contributed by atoms with Gasteiger partial charge in [0.15, 0.2) is 5.82 Å². The zero-order valence-corrected chi connectivity index (χ0v) is 16.0. The van der Waals surface area contributed by atoms with Crippen molar-refractivity contribution in [2.75, 3.05) is 26.8 Å². The number of carbonyl (C=O) groups is 1. The Labute approximate surface area is 163 Å². The van der Waals surface area contributed by atoms with Gasteiger partial charge in [-0.3, -0.25) is 9.78 Å². The average molecular weight is 387 g/mol. The number of hydrogen-bond donors (Lipinski definition) is 0. The van der Waals surface area contributed by atoms with E-state index in [0.29, 0.717) is 37.2 Å². The van der Waals surface area contributed by atoms with Crippen LogP contribution in [0.4, 0.5) is 0 Å². The fourth-order valence-corrected chi connectivity index (χ4v) is 4.15. The van der Waals surface area contributed by atoms with Gasteiger partial charge < -0.3 is 18.9 Å². The first-order valence-corrected chi connectivity index (χ1v) is 9.67. The van der Waals surface area contributed by atoms with Crippen LogP contribution in [0.3, 0.4) is 0 Å². The van der Waals surface area contributed by atoms with Crippen LogP contribution in [0.5, 0.6) is 0 Å². The second-order valence-electron chi connectivity index (χ2n) is 7.51. The molecule has 2 fully saturated rings. The van der Waals surface area contributed by atoms with Gasteiger partial charge in [0.05, 0.1) is 11.8 Å². The number of methoxy groups -OCH3 is 1. The van der Waals surface area contributed by atoms with Crippen LogP contribution in [0, 0.1) is 5.92 Å². The molecule has 9 heteroatoms. The average Bonchev–Trinajstić information content (AvgIpc) is 3.16. The van der Waals surface area contributed by atoms with E-state index >= 15 is 0 Å². The maximum atomic E-state index is 12.6. The Morgan fingerprint density at radius 2 is 2.21 bits per heavy atom. The van der Waals surface area contributed by atoms with Crippen LogP contribution in [0.15, 0.2) is 23.1 Å². The third kappa shape index (κ3) is 4.20. The first kappa shape index (κ1) is 18.9. The van der Waals surface area contributed by atoms with E-state index in [-0.39, 0.29) is 11.5 Å². The molecule has 4 rings (SSSR count). The van der Waals surface area contributed by atoms with Crippen molar-refractivity contribution in [2.24, 2.45) is 5.92 Å². The van der Waals surface area contributed by atoms with Crippen molar-refractivity contribution < 1.29 is 18.8 Å². The fraction of sp³-hybridized carbons (Fsp3) is 0.632. The van der Waals surface area contributed by atoms with Crippen molar-refractivity contribution in [1.82, 2.24) is 25.0 Å². The van der Waals surface area contributed by atoms with Crippen molar-refractivity contribution in [1.29, 1.82) is 0 Å². The predicted molar refractivity (Wildman–Crippen MR) is 97.3 cm³/mol. The van der Waals surface area contributed by atoms with Crippen molar-refractivity contribution in [3.8, 4) is 0 Å². The third-order valence-electron chi connectivity index (χ3n) is 5.59. The van der Waals surface area contributed by atoms with Crippen LogP contribution in [-0.2, 0) is 22.5 Å². The second kappa shape index (κ2) is 8.32. The van der Waals surface area contributed by atoms with E-state index < -0.39 is 0 Å². The van der Waals surface area contributed by atoms with Gasteiger partial charge >= 0.3 is 0 Å². The zero-order chi connectivity index (χ0) is 19.4. The molecule has 0 aliphatic carbocycles. The van der Waals surface area contributed by atoms with E-state index in [9.17, 15) is 4.79 Å². The molecule has 2 aromatic rings. The van der Waals surface area contributed by atoms with Gasteiger partial charge in [-0.2, -0.15) is 4.98 Å². The van der Waals surface area contributed by atoms with Crippen molar-refractivity contribution >= 4 is 5.91 Å². The Morgan fingerprint density at radius 3 is 2.96 bits per heavy atom. The number of nitrogens with zero attached hydrogens (tertiary/aromatic N) is 5. The quantitative estimate of drug-likeness (QED) is 0.763. The van der Waals surface area contributed by atoms with Gasteiger partial charge in [0.2, 0.25) is 0 Å². The summed E-state index contributed by atoms with van der Waals surface area (Å²) < 4.78 is 16.4. The summed E-state index contributed by atoms with van der Waals surface area (Å²) in [6, 6.07) is 0. The van der Waals surface area contributed by atoms with Crippen LogP contribution in [0.25, 0.3) is 0 Å². The van der Waals surface area contributed by atoms with Crippen LogP contribution < -0.4 is 0 Å². The normalized spacial score (nSPS) is 21.8.